The molecule has 0 bridgehead atoms. The molecule has 7 nitrogen and oxygen atoms in total. The number of esters is 1. The largest absolute Gasteiger partial charge is 0.460 e. The molecule has 3 N–H and O–H groups in total. The van der Waals surface area contributed by atoms with E-state index in [4.69, 9.17) is 10.6 Å². The molecule has 0 fully saturated rings. The summed E-state index contributed by atoms with van der Waals surface area (Å²) in [6.07, 6.45) is 4.62. The molecule has 186 valence electrons. The zero-order valence-electron chi connectivity index (χ0n) is 20.7. The average molecular weight is 481 g/mol. The number of sulfone groups is 1. The van der Waals surface area contributed by atoms with Gasteiger partial charge in [0.1, 0.15) is 5.60 Å². The molecular formula is C25H40N2O5S. The van der Waals surface area contributed by atoms with Crippen molar-refractivity contribution in [1.29, 1.82) is 0 Å². The molecule has 8 heteroatoms. The van der Waals surface area contributed by atoms with Crippen LogP contribution in [-0.2, 0) is 24.2 Å². The number of unbranched alkanes of at least 4 members (excludes halogenated alkanes) is 1. The van der Waals surface area contributed by atoms with Gasteiger partial charge in [-0.3, -0.25) is 15.0 Å². The van der Waals surface area contributed by atoms with Crippen LogP contribution in [0.15, 0.2) is 36.4 Å². The molecule has 3 atom stereocenters. The topological polar surface area (TPSA) is 116 Å². The SMILES string of the molecule is CCCCS(=O)(=O)C(/C=C/c1ccccc1)[C@H](C(=O)OC(C)(C)C)[C@@H](CC(C)C)C(=O)NN. The smallest absolute Gasteiger partial charge is 0.311 e. The fourth-order valence-electron chi connectivity index (χ4n) is 3.64. The van der Waals surface area contributed by atoms with Gasteiger partial charge in [0.2, 0.25) is 5.91 Å². The molecule has 0 aromatic heterocycles. The van der Waals surface area contributed by atoms with Crippen LogP contribution >= 0.6 is 0 Å². The van der Waals surface area contributed by atoms with Crippen LogP contribution in [0.3, 0.4) is 0 Å². The van der Waals surface area contributed by atoms with E-state index < -0.39 is 44.4 Å². The standard InChI is InChI=1S/C25H40N2O5S/c1-7-8-16-33(30,31)21(15-14-19-12-10-9-11-13-19)22(24(29)32-25(4,5)6)20(17-18(2)3)23(28)27-26/h9-15,18,20-22H,7-8,16-17,26H2,1-6H3,(H,27,28)/b15-14+/t20-,21?,22-/m1/s1. The quantitative estimate of drug-likeness (QED) is 0.203. The summed E-state index contributed by atoms with van der Waals surface area (Å²) in [5.74, 6) is 1.87. The molecule has 0 aliphatic carbocycles. The Morgan fingerprint density at radius 3 is 2.24 bits per heavy atom. The first kappa shape index (κ1) is 28.8. The molecule has 1 amide bonds. The molecule has 0 spiro atoms. The summed E-state index contributed by atoms with van der Waals surface area (Å²) < 4.78 is 32.6. The maximum absolute atomic E-state index is 13.5. The fraction of sp³-hybridized carbons (Fsp3) is 0.600. The lowest BCUT2D eigenvalue weighted by molar-refractivity contribution is -0.163. The zero-order chi connectivity index (χ0) is 25.2. The Hall–Kier alpha value is -2.19. The van der Waals surface area contributed by atoms with Gasteiger partial charge in [0.05, 0.1) is 22.8 Å². The summed E-state index contributed by atoms with van der Waals surface area (Å²) >= 11 is 0. The minimum Gasteiger partial charge on any atom is -0.460 e. The lowest BCUT2D eigenvalue weighted by Gasteiger charge is -2.33. The van der Waals surface area contributed by atoms with Gasteiger partial charge in [-0.05, 0) is 45.1 Å². The summed E-state index contributed by atoms with van der Waals surface area (Å²) in [5.41, 5.74) is 2.07. The first-order valence-electron chi connectivity index (χ1n) is 11.5. The van der Waals surface area contributed by atoms with Crippen molar-refractivity contribution in [1.82, 2.24) is 5.43 Å². The summed E-state index contributed by atoms with van der Waals surface area (Å²) in [6, 6.07) is 9.23. The summed E-state index contributed by atoms with van der Waals surface area (Å²) in [5, 5.41) is -1.24. The number of ether oxygens (including phenoxy) is 1. The second-order valence-corrected chi connectivity index (χ2v) is 12.0. The Labute approximate surface area is 199 Å². The maximum Gasteiger partial charge on any atom is 0.311 e. The van der Waals surface area contributed by atoms with Crippen LogP contribution in [0.4, 0.5) is 0 Å². The molecule has 1 aromatic carbocycles. The number of benzene rings is 1. The van der Waals surface area contributed by atoms with Gasteiger partial charge in [0.25, 0.3) is 0 Å². The first-order valence-corrected chi connectivity index (χ1v) is 13.2. The first-order chi connectivity index (χ1) is 15.3. The van der Waals surface area contributed by atoms with Crippen LogP contribution in [-0.4, -0.2) is 36.9 Å². The third-order valence-electron chi connectivity index (χ3n) is 5.15. The van der Waals surface area contributed by atoms with Gasteiger partial charge in [-0.15, -0.1) is 0 Å². The molecular weight excluding hydrogens is 440 g/mol. The highest BCUT2D eigenvalue weighted by atomic mass is 32.2. The molecule has 1 aromatic rings. The Morgan fingerprint density at radius 2 is 1.76 bits per heavy atom. The van der Waals surface area contributed by atoms with Crippen molar-refractivity contribution in [2.24, 2.45) is 23.6 Å². The number of carbonyl (C=O) groups excluding carboxylic acids is 2. The Balaban J connectivity index is 3.68. The number of hydrogen-bond donors (Lipinski definition) is 2. The molecule has 1 rings (SSSR count). The Bertz CT molecular complexity index is 889. The molecule has 0 aliphatic rings. The minimum absolute atomic E-state index is 0.0225. The maximum atomic E-state index is 13.5. The lowest BCUT2D eigenvalue weighted by atomic mass is 9.82. The van der Waals surface area contributed by atoms with Crippen molar-refractivity contribution in [3.63, 3.8) is 0 Å². The van der Waals surface area contributed by atoms with Crippen LogP contribution in [0.5, 0.6) is 0 Å². The van der Waals surface area contributed by atoms with E-state index in [1.54, 1.807) is 26.8 Å². The van der Waals surface area contributed by atoms with Gasteiger partial charge >= 0.3 is 5.97 Å². The van der Waals surface area contributed by atoms with Gasteiger partial charge in [0, 0.05) is 0 Å². The second kappa shape index (κ2) is 12.9. The average Bonchev–Trinajstić information content (AvgIpc) is 2.72. The molecule has 0 aliphatic heterocycles. The van der Waals surface area contributed by atoms with E-state index in [2.05, 4.69) is 5.43 Å². The lowest BCUT2D eigenvalue weighted by Crippen LogP contribution is -2.49. The third-order valence-corrected chi connectivity index (χ3v) is 7.28. The van der Waals surface area contributed by atoms with Crippen LogP contribution < -0.4 is 11.3 Å². The van der Waals surface area contributed by atoms with Crippen molar-refractivity contribution in [3.8, 4) is 0 Å². The minimum atomic E-state index is -3.79. The van der Waals surface area contributed by atoms with E-state index in [9.17, 15) is 18.0 Å². The summed E-state index contributed by atoms with van der Waals surface area (Å²) in [7, 11) is -3.79. The number of carbonyl (C=O) groups is 2. The van der Waals surface area contributed by atoms with E-state index in [0.717, 1.165) is 5.56 Å². The van der Waals surface area contributed by atoms with E-state index >= 15 is 0 Å². The van der Waals surface area contributed by atoms with Gasteiger partial charge in [0.15, 0.2) is 9.84 Å². The van der Waals surface area contributed by atoms with Crippen molar-refractivity contribution < 1.29 is 22.7 Å². The second-order valence-electron chi connectivity index (χ2n) is 9.76. The normalized spacial score (nSPS) is 15.3. The number of hydrazine groups is 1. The van der Waals surface area contributed by atoms with Crippen LogP contribution in [0.1, 0.15) is 66.4 Å². The van der Waals surface area contributed by atoms with Gasteiger partial charge < -0.3 is 4.74 Å². The van der Waals surface area contributed by atoms with E-state index in [1.165, 1.54) is 6.08 Å². The van der Waals surface area contributed by atoms with Gasteiger partial charge in [-0.2, -0.15) is 0 Å². The number of amides is 1. The van der Waals surface area contributed by atoms with E-state index in [0.29, 0.717) is 12.8 Å². The third kappa shape index (κ3) is 9.68. The predicted molar refractivity (Wildman–Crippen MR) is 133 cm³/mol. The summed E-state index contributed by atoms with van der Waals surface area (Å²) in [4.78, 5) is 26.2. The highest BCUT2D eigenvalue weighted by Gasteiger charge is 2.45. The zero-order valence-corrected chi connectivity index (χ0v) is 21.5. The van der Waals surface area contributed by atoms with Gasteiger partial charge in [-0.25, -0.2) is 14.3 Å². The number of nitrogens with one attached hydrogen (secondary N) is 1. The number of hydrogen-bond acceptors (Lipinski definition) is 6. The molecule has 0 heterocycles. The Kier molecular flexibility index (Phi) is 11.3. The fourth-order valence-corrected chi connectivity index (χ4v) is 5.67. The highest BCUT2D eigenvalue weighted by molar-refractivity contribution is 7.92. The van der Waals surface area contributed by atoms with Crippen LogP contribution in [0.2, 0.25) is 0 Å². The van der Waals surface area contributed by atoms with Crippen LogP contribution in [0, 0.1) is 17.8 Å². The predicted octanol–water partition coefficient (Wildman–Crippen LogP) is 3.89. The monoisotopic (exact) mass is 480 g/mol. The van der Waals surface area contributed by atoms with Crippen molar-refractivity contribution in [2.75, 3.05) is 5.75 Å². The number of nitrogens with two attached hydrogens (primary N) is 1. The van der Waals surface area contributed by atoms with Crippen LogP contribution in [0.25, 0.3) is 6.08 Å². The molecule has 0 saturated heterocycles. The van der Waals surface area contributed by atoms with Crippen molar-refractivity contribution in [3.05, 3.63) is 42.0 Å². The molecule has 33 heavy (non-hydrogen) atoms. The highest BCUT2D eigenvalue weighted by Crippen LogP contribution is 2.32. The van der Waals surface area contributed by atoms with E-state index in [-0.39, 0.29) is 18.1 Å². The van der Waals surface area contributed by atoms with Crippen molar-refractivity contribution in [2.45, 2.75) is 71.7 Å². The summed E-state index contributed by atoms with van der Waals surface area (Å²) in [6.45, 7) is 10.8. The van der Waals surface area contributed by atoms with Crippen molar-refractivity contribution >= 4 is 27.8 Å². The molecule has 1 unspecified atom stereocenters. The van der Waals surface area contributed by atoms with Gasteiger partial charge in [-0.1, -0.05) is 69.7 Å². The van der Waals surface area contributed by atoms with E-state index in [1.807, 2.05) is 51.1 Å². The molecule has 0 radical (unpaired) electrons. The Morgan fingerprint density at radius 1 is 1.15 bits per heavy atom. The molecule has 0 saturated carbocycles. The number of rotatable bonds is 12.